The van der Waals surface area contributed by atoms with Crippen LogP contribution >= 0.6 is 11.6 Å². The summed E-state index contributed by atoms with van der Waals surface area (Å²) in [6.45, 7) is 6.87. The molecule has 0 radical (unpaired) electrons. The Morgan fingerprint density at radius 3 is 2.81 bits per heavy atom. The fourth-order valence-electron chi connectivity index (χ4n) is 5.15. The minimum Gasteiger partial charge on any atom is -0.482 e. The molecule has 3 unspecified atom stereocenters. The largest absolute Gasteiger partial charge is 0.482 e. The molecule has 3 atom stereocenters. The second kappa shape index (κ2) is 5.88. The van der Waals surface area contributed by atoms with Gasteiger partial charge in [-0.3, -0.25) is 14.5 Å². The van der Waals surface area contributed by atoms with Gasteiger partial charge in [0.05, 0.1) is 5.69 Å². The van der Waals surface area contributed by atoms with Crippen LogP contribution in [0.3, 0.4) is 0 Å². The fourth-order valence-corrected chi connectivity index (χ4v) is 5.32. The van der Waals surface area contributed by atoms with Crippen LogP contribution in [-0.4, -0.2) is 31.0 Å². The molecule has 1 heterocycles. The first kappa shape index (κ1) is 17.7. The molecule has 2 fully saturated rings. The summed E-state index contributed by atoms with van der Waals surface area (Å²) in [4.78, 5) is 26.5. The summed E-state index contributed by atoms with van der Waals surface area (Å²) in [5.41, 5.74) is 0.909. The number of hydrogen-bond acceptors (Lipinski definition) is 3. The molecule has 2 saturated carbocycles. The summed E-state index contributed by atoms with van der Waals surface area (Å²) in [5, 5.41) is 3.72. The molecule has 0 saturated heterocycles. The summed E-state index contributed by atoms with van der Waals surface area (Å²) in [6.07, 6.45) is 3.41. The van der Waals surface area contributed by atoms with Gasteiger partial charge in [0.2, 0.25) is 5.91 Å². The van der Waals surface area contributed by atoms with E-state index in [1.54, 1.807) is 18.2 Å². The highest BCUT2D eigenvalue weighted by molar-refractivity contribution is 6.31. The Balaban J connectivity index is 1.50. The van der Waals surface area contributed by atoms with Crippen molar-refractivity contribution in [3.8, 4) is 5.75 Å². The predicted octanol–water partition coefficient (Wildman–Crippen LogP) is 3.40. The minimum atomic E-state index is -0.227. The monoisotopic (exact) mass is 376 g/mol. The van der Waals surface area contributed by atoms with Crippen LogP contribution in [0.4, 0.5) is 5.69 Å². The maximum atomic E-state index is 12.8. The lowest BCUT2D eigenvalue weighted by Gasteiger charge is -2.39. The zero-order valence-electron chi connectivity index (χ0n) is 15.5. The number of halogens is 1. The zero-order valence-corrected chi connectivity index (χ0v) is 16.2. The van der Waals surface area contributed by atoms with E-state index in [1.807, 2.05) is 0 Å². The number of nitrogens with zero attached hydrogens (tertiary/aromatic N) is 1. The fraction of sp³-hybridized carbons (Fsp3) is 0.600. The third kappa shape index (κ3) is 2.51. The summed E-state index contributed by atoms with van der Waals surface area (Å²) < 4.78 is 5.44. The molecule has 140 valence electrons. The molecule has 1 aromatic rings. The average Bonchev–Trinajstić information content (AvgIpc) is 2.91. The second-order valence-corrected chi connectivity index (χ2v) is 9.05. The van der Waals surface area contributed by atoms with Gasteiger partial charge in [0.15, 0.2) is 6.61 Å². The highest BCUT2D eigenvalue weighted by Gasteiger charge is 2.61. The van der Waals surface area contributed by atoms with Crippen LogP contribution in [0.15, 0.2) is 18.2 Å². The van der Waals surface area contributed by atoms with Crippen LogP contribution in [0.1, 0.15) is 40.0 Å². The molecule has 6 heteroatoms. The number of ether oxygens (including phenoxy) is 1. The van der Waals surface area contributed by atoms with Crippen LogP contribution in [-0.2, 0) is 9.59 Å². The van der Waals surface area contributed by atoms with E-state index in [9.17, 15) is 9.59 Å². The van der Waals surface area contributed by atoms with Crippen molar-refractivity contribution in [2.45, 2.75) is 46.1 Å². The van der Waals surface area contributed by atoms with Crippen molar-refractivity contribution in [3.05, 3.63) is 23.2 Å². The van der Waals surface area contributed by atoms with Gasteiger partial charge < -0.3 is 10.1 Å². The van der Waals surface area contributed by atoms with E-state index >= 15 is 0 Å². The maximum absolute atomic E-state index is 12.8. The Morgan fingerprint density at radius 2 is 2.15 bits per heavy atom. The third-order valence-electron chi connectivity index (χ3n) is 7.29. The number of fused-ring (bicyclic) bond motifs is 3. The molecule has 0 spiro atoms. The number of hydrogen-bond donors (Lipinski definition) is 1. The van der Waals surface area contributed by atoms with Crippen molar-refractivity contribution in [2.75, 3.05) is 18.1 Å². The van der Waals surface area contributed by atoms with Gasteiger partial charge in [-0.2, -0.15) is 0 Å². The molecular weight excluding hydrogens is 352 g/mol. The van der Waals surface area contributed by atoms with Gasteiger partial charge in [0.1, 0.15) is 12.3 Å². The summed E-state index contributed by atoms with van der Waals surface area (Å²) in [7, 11) is 0. The lowest BCUT2D eigenvalue weighted by molar-refractivity contribution is -0.126. The highest BCUT2D eigenvalue weighted by atomic mass is 35.5. The third-order valence-corrected chi connectivity index (χ3v) is 7.53. The smallest absolute Gasteiger partial charge is 0.265 e. The Hall–Kier alpha value is -1.75. The highest BCUT2D eigenvalue weighted by Crippen LogP contribution is 2.65. The molecule has 3 aliphatic rings. The van der Waals surface area contributed by atoms with E-state index in [2.05, 4.69) is 26.1 Å². The SMILES string of the molecule is CC1(C)C2CCC1(C)C(NC(=O)CN1C(=O)COc3ccc(Cl)cc31)C2. The van der Waals surface area contributed by atoms with Gasteiger partial charge in [-0.05, 0) is 54.2 Å². The maximum Gasteiger partial charge on any atom is 0.265 e. The van der Waals surface area contributed by atoms with E-state index in [0.29, 0.717) is 22.4 Å². The Morgan fingerprint density at radius 1 is 1.38 bits per heavy atom. The summed E-state index contributed by atoms with van der Waals surface area (Å²) in [6, 6.07) is 5.28. The number of carbonyl (C=O) groups is 2. The van der Waals surface area contributed by atoms with Crippen molar-refractivity contribution in [3.63, 3.8) is 0 Å². The first-order valence-electron chi connectivity index (χ1n) is 9.24. The number of nitrogens with one attached hydrogen (secondary N) is 1. The quantitative estimate of drug-likeness (QED) is 0.879. The van der Waals surface area contributed by atoms with Crippen LogP contribution in [0.2, 0.25) is 5.02 Å². The lowest BCUT2D eigenvalue weighted by atomic mass is 9.69. The van der Waals surface area contributed by atoms with Crippen LogP contribution in [0.5, 0.6) is 5.75 Å². The second-order valence-electron chi connectivity index (χ2n) is 8.61. The van der Waals surface area contributed by atoms with E-state index < -0.39 is 0 Å². The van der Waals surface area contributed by atoms with Crippen LogP contribution in [0, 0.1) is 16.7 Å². The van der Waals surface area contributed by atoms with Gasteiger partial charge in [-0.1, -0.05) is 32.4 Å². The van der Waals surface area contributed by atoms with Crippen molar-refractivity contribution in [1.82, 2.24) is 5.32 Å². The normalized spacial score (nSPS) is 31.5. The topological polar surface area (TPSA) is 58.6 Å². The Labute approximate surface area is 159 Å². The standard InChI is InChI=1S/C20H25ClN2O3/c1-19(2)12-6-7-20(19,3)16(8-12)22-17(24)10-23-14-9-13(21)4-5-15(14)26-11-18(23)25/h4-5,9,12,16H,6-8,10-11H2,1-3H3,(H,22,24). The van der Waals surface area contributed by atoms with Crippen LogP contribution in [0.25, 0.3) is 0 Å². The van der Waals surface area contributed by atoms with Crippen molar-refractivity contribution >= 4 is 29.1 Å². The van der Waals surface area contributed by atoms with Crippen molar-refractivity contribution < 1.29 is 14.3 Å². The molecule has 0 aromatic heterocycles. The van der Waals surface area contributed by atoms with Gasteiger partial charge >= 0.3 is 0 Å². The molecule has 2 aliphatic carbocycles. The number of amides is 2. The average molecular weight is 377 g/mol. The lowest BCUT2D eigenvalue weighted by Crippen LogP contribution is -2.51. The molecule has 2 bridgehead atoms. The van der Waals surface area contributed by atoms with Crippen molar-refractivity contribution in [2.24, 2.45) is 16.7 Å². The van der Waals surface area contributed by atoms with Gasteiger partial charge in [0.25, 0.3) is 5.91 Å². The van der Waals surface area contributed by atoms with E-state index in [1.165, 1.54) is 11.3 Å². The molecule has 1 aromatic carbocycles. The number of carbonyl (C=O) groups excluding carboxylic acids is 2. The first-order chi connectivity index (χ1) is 12.2. The number of rotatable bonds is 3. The van der Waals surface area contributed by atoms with E-state index in [4.69, 9.17) is 16.3 Å². The molecule has 5 nitrogen and oxygen atoms in total. The molecule has 2 amide bonds. The van der Waals surface area contributed by atoms with Gasteiger partial charge in [-0.15, -0.1) is 0 Å². The summed E-state index contributed by atoms with van der Waals surface area (Å²) in [5.74, 6) is 0.882. The predicted molar refractivity (Wildman–Crippen MR) is 100 cm³/mol. The minimum absolute atomic E-state index is 0.00674. The molecule has 26 heavy (non-hydrogen) atoms. The Kier molecular flexibility index (Phi) is 3.99. The first-order valence-corrected chi connectivity index (χ1v) is 9.62. The number of anilines is 1. The van der Waals surface area contributed by atoms with Crippen molar-refractivity contribution in [1.29, 1.82) is 0 Å². The van der Waals surface area contributed by atoms with E-state index in [-0.39, 0.29) is 41.8 Å². The zero-order chi connectivity index (χ0) is 18.7. The van der Waals surface area contributed by atoms with Gasteiger partial charge in [0, 0.05) is 11.1 Å². The molecule has 4 rings (SSSR count). The van der Waals surface area contributed by atoms with Crippen LogP contribution < -0.4 is 15.0 Å². The van der Waals surface area contributed by atoms with E-state index in [0.717, 1.165) is 12.8 Å². The molecular formula is C20H25ClN2O3. The molecule has 1 aliphatic heterocycles. The number of benzene rings is 1. The van der Waals surface area contributed by atoms with Gasteiger partial charge in [-0.25, -0.2) is 0 Å². The molecule has 1 N–H and O–H groups in total. The Bertz CT molecular complexity index is 778. The summed E-state index contributed by atoms with van der Waals surface area (Å²) >= 11 is 6.06.